The normalized spacial score (nSPS) is 17.8. The summed E-state index contributed by atoms with van der Waals surface area (Å²) in [6.45, 7) is 4.62. The van der Waals surface area contributed by atoms with Crippen molar-refractivity contribution in [3.8, 4) is 6.07 Å². The van der Waals surface area contributed by atoms with Gasteiger partial charge in [0.1, 0.15) is 6.04 Å². The minimum Gasteiger partial charge on any atom is -0.450 e. The number of carbonyl (C=O) groups excluding carboxylic acids is 1. The van der Waals surface area contributed by atoms with Gasteiger partial charge in [0.25, 0.3) is 0 Å². The minimum absolute atomic E-state index is 0.280. The Hall–Kier alpha value is -2.07. The molecule has 0 bridgehead atoms. The Labute approximate surface area is 111 Å². The third-order valence-electron chi connectivity index (χ3n) is 3.14. The molecule has 19 heavy (non-hydrogen) atoms. The molecule has 102 valence electrons. The first-order chi connectivity index (χ1) is 9.26. The van der Waals surface area contributed by atoms with Crippen LogP contribution < -0.4 is 0 Å². The van der Waals surface area contributed by atoms with E-state index < -0.39 is 0 Å². The zero-order valence-corrected chi connectivity index (χ0v) is 10.9. The number of hydrogen-bond donors (Lipinski definition) is 1. The summed E-state index contributed by atoms with van der Waals surface area (Å²) in [5, 5.41) is 9.26. The summed E-state index contributed by atoms with van der Waals surface area (Å²) in [5.74, 6) is 0. The van der Waals surface area contributed by atoms with Gasteiger partial charge in [-0.15, -0.1) is 0 Å². The molecule has 0 aliphatic carbocycles. The second-order valence-corrected chi connectivity index (χ2v) is 4.26. The van der Waals surface area contributed by atoms with Crippen LogP contribution >= 0.6 is 0 Å². The van der Waals surface area contributed by atoms with E-state index in [1.54, 1.807) is 24.3 Å². The molecule has 0 saturated carbocycles. The predicted octanol–water partition coefficient (Wildman–Crippen LogP) is 0.748. The zero-order chi connectivity index (χ0) is 13.7. The molecule has 1 aromatic rings. The lowest BCUT2D eigenvalue weighted by Gasteiger charge is -2.35. The maximum Gasteiger partial charge on any atom is 0.409 e. The van der Waals surface area contributed by atoms with Gasteiger partial charge < -0.3 is 14.6 Å². The molecule has 1 unspecified atom stereocenters. The van der Waals surface area contributed by atoms with Crippen molar-refractivity contribution in [3.63, 3.8) is 0 Å². The highest BCUT2D eigenvalue weighted by molar-refractivity contribution is 5.67. The van der Waals surface area contributed by atoms with Crippen LogP contribution in [0.15, 0.2) is 12.5 Å². The Kier molecular flexibility index (Phi) is 4.36. The largest absolute Gasteiger partial charge is 0.450 e. The van der Waals surface area contributed by atoms with E-state index in [0.29, 0.717) is 32.8 Å². The molecule has 1 aliphatic rings. The fourth-order valence-electron chi connectivity index (χ4n) is 2.14. The van der Waals surface area contributed by atoms with E-state index >= 15 is 0 Å². The van der Waals surface area contributed by atoms with Gasteiger partial charge in [0.2, 0.25) is 0 Å². The molecule has 7 nitrogen and oxygen atoms in total. The van der Waals surface area contributed by atoms with Gasteiger partial charge in [-0.05, 0) is 6.92 Å². The lowest BCUT2D eigenvalue weighted by Crippen LogP contribution is -2.49. The monoisotopic (exact) mass is 263 g/mol. The third-order valence-corrected chi connectivity index (χ3v) is 3.14. The quantitative estimate of drug-likeness (QED) is 0.869. The molecule has 0 aromatic carbocycles. The highest BCUT2D eigenvalue weighted by Crippen LogP contribution is 2.19. The topological polar surface area (TPSA) is 85.2 Å². The Morgan fingerprint density at radius 2 is 2.32 bits per heavy atom. The smallest absolute Gasteiger partial charge is 0.409 e. The molecule has 1 saturated heterocycles. The van der Waals surface area contributed by atoms with Crippen LogP contribution in [0.5, 0.6) is 0 Å². The van der Waals surface area contributed by atoms with Gasteiger partial charge in [-0.3, -0.25) is 4.90 Å². The van der Waals surface area contributed by atoms with Gasteiger partial charge in [0.15, 0.2) is 0 Å². The molecule has 1 aliphatic heterocycles. The number of piperazine rings is 1. The van der Waals surface area contributed by atoms with Crippen molar-refractivity contribution in [1.82, 2.24) is 19.8 Å². The highest BCUT2D eigenvalue weighted by Gasteiger charge is 2.28. The standard InChI is InChI=1S/C12H17N5O2/c1-2-19-12(18)17-5-3-16(4-6-17)11(7-13)10-8-14-9-15-10/h8-9,11H,2-6H2,1H3,(H,14,15). The van der Waals surface area contributed by atoms with Gasteiger partial charge in [-0.2, -0.15) is 5.26 Å². The number of nitriles is 1. The van der Waals surface area contributed by atoms with Gasteiger partial charge in [-0.25, -0.2) is 9.78 Å². The molecule has 2 rings (SSSR count). The Morgan fingerprint density at radius 3 is 2.84 bits per heavy atom. The first-order valence-electron chi connectivity index (χ1n) is 6.30. The Morgan fingerprint density at radius 1 is 1.58 bits per heavy atom. The number of carbonyl (C=O) groups is 1. The van der Waals surface area contributed by atoms with Crippen LogP contribution in [0.1, 0.15) is 18.7 Å². The van der Waals surface area contributed by atoms with E-state index in [0.717, 1.165) is 5.69 Å². The number of aromatic amines is 1. The number of nitrogens with one attached hydrogen (secondary N) is 1. The van der Waals surface area contributed by atoms with Crippen molar-refractivity contribution in [2.45, 2.75) is 13.0 Å². The van der Waals surface area contributed by atoms with Crippen LogP contribution in [-0.2, 0) is 4.74 Å². The average Bonchev–Trinajstić information content (AvgIpc) is 2.95. The summed E-state index contributed by atoms with van der Waals surface area (Å²) in [4.78, 5) is 22.2. The predicted molar refractivity (Wildman–Crippen MR) is 67.1 cm³/mol. The average molecular weight is 263 g/mol. The van der Waals surface area contributed by atoms with Crippen molar-refractivity contribution in [2.24, 2.45) is 0 Å². The van der Waals surface area contributed by atoms with Gasteiger partial charge in [0, 0.05) is 26.2 Å². The summed E-state index contributed by atoms with van der Waals surface area (Å²) in [6, 6.07) is 1.92. The van der Waals surface area contributed by atoms with E-state index in [2.05, 4.69) is 16.0 Å². The van der Waals surface area contributed by atoms with Crippen LogP contribution in [0, 0.1) is 11.3 Å². The number of ether oxygens (including phenoxy) is 1. The molecule has 2 heterocycles. The molecule has 1 amide bonds. The molecule has 1 atom stereocenters. The summed E-state index contributed by atoms with van der Waals surface area (Å²) in [5.41, 5.74) is 0.784. The van der Waals surface area contributed by atoms with Crippen LogP contribution in [0.3, 0.4) is 0 Å². The molecule has 0 radical (unpaired) electrons. The highest BCUT2D eigenvalue weighted by atomic mass is 16.6. The third kappa shape index (κ3) is 3.03. The fourth-order valence-corrected chi connectivity index (χ4v) is 2.14. The van der Waals surface area contributed by atoms with Crippen LogP contribution in [0.25, 0.3) is 0 Å². The van der Waals surface area contributed by atoms with Gasteiger partial charge >= 0.3 is 6.09 Å². The SMILES string of the molecule is CCOC(=O)N1CCN(C(C#N)c2cnc[nH]2)CC1. The summed E-state index contributed by atoms with van der Waals surface area (Å²) in [6.07, 6.45) is 2.94. The maximum absolute atomic E-state index is 11.6. The Bertz CT molecular complexity index is 445. The lowest BCUT2D eigenvalue weighted by atomic mass is 10.2. The first-order valence-corrected chi connectivity index (χ1v) is 6.30. The van der Waals surface area contributed by atoms with E-state index in [4.69, 9.17) is 4.74 Å². The lowest BCUT2D eigenvalue weighted by molar-refractivity contribution is 0.0729. The van der Waals surface area contributed by atoms with Crippen molar-refractivity contribution in [1.29, 1.82) is 5.26 Å². The van der Waals surface area contributed by atoms with Gasteiger partial charge in [-0.1, -0.05) is 0 Å². The molecular weight excluding hydrogens is 246 g/mol. The molecule has 0 spiro atoms. The van der Waals surface area contributed by atoms with Crippen molar-refractivity contribution >= 4 is 6.09 Å². The van der Waals surface area contributed by atoms with E-state index in [1.807, 2.05) is 4.90 Å². The first kappa shape index (κ1) is 13.4. The van der Waals surface area contributed by atoms with Crippen LogP contribution in [-0.4, -0.2) is 58.6 Å². The number of amides is 1. The maximum atomic E-state index is 11.6. The summed E-state index contributed by atoms with van der Waals surface area (Å²) in [7, 11) is 0. The van der Waals surface area contributed by atoms with Crippen LogP contribution in [0.4, 0.5) is 4.79 Å². The number of imidazole rings is 1. The number of nitrogens with zero attached hydrogens (tertiary/aromatic N) is 4. The molecular formula is C12H17N5O2. The fraction of sp³-hybridized carbons (Fsp3) is 0.583. The van der Waals surface area contributed by atoms with Gasteiger partial charge in [0.05, 0.1) is 30.9 Å². The molecule has 1 aromatic heterocycles. The Balaban J connectivity index is 1.92. The van der Waals surface area contributed by atoms with Crippen molar-refractivity contribution in [2.75, 3.05) is 32.8 Å². The number of H-pyrrole nitrogens is 1. The van der Waals surface area contributed by atoms with E-state index in [9.17, 15) is 10.1 Å². The zero-order valence-electron chi connectivity index (χ0n) is 10.9. The molecule has 1 N–H and O–H groups in total. The number of rotatable bonds is 3. The molecule has 7 heteroatoms. The van der Waals surface area contributed by atoms with Crippen molar-refractivity contribution in [3.05, 3.63) is 18.2 Å². The number of aromatic nitrogens is 2. The van der Waals surface area contributed by atoms with E-state index in [1.165, 1.54) is 0 Å². The second kappa shape index (κ2) is 6.20. The molecule has 1 fully saturated rings. The summed E-state index contributed by atoms with van der Waals surface area (Å²) < 4.78 is 4.96. The minimum atomic E-state index is -0.341. The van der Waals surface area contributed by atoms with E-state index in [-0.39, 0.29) is 12.1 Å². The summed E-state index contributed by atoms with van der Waals surface area (Å²) >= 11 is 0. The van der Waals surface area contributed by atoms with Crippen LogP contribution in [0.2, 0.25) is 0 Å². The van der Waals surface area contributed by atoms with Crippen molar-refractivity contribution < 1.29 is 9.53 Å². The number of hydrogen-bond acceptors (Lipinski definition) is 5. The second-order valence-electron chi connectivity index (χ2n) is 4.26.